The van der Waals surface area contributed by atoms with Crippen LogP contribution < -0.4 is 16.4 Å². The van der Waals surface area contributed by atoms with E-state index in [4.69, 9.17) is 5.73 Å². The first kappa shape index (κ1) is 24.1. The van der Waals surface area contributed by atoms with Crippen LogP contribution in [0.15, 0.2) is 18.2 Å². The van der Waals surface area contributed by atoms with Crippen LogP contribution in [0.1, 0.15) is 49.4 Å². The van der Waals surface area contributed by atoms with E-state index in [1.54, 1.807) is 6.07 Å². The Labute approximate surface area is 210 Å². The predicted molar refractivity (Wildman–Crippen MR) is 139 cm³/mol. The van der Waals surface area contributed by atoms with E-state index in [9.17, 15) is 9.18 Å². The lowest BCUT2D eigenvalue weighted by atomic mass is 9.85. The Balaban J connectivity index is 1.87. The smallest absolute Gasteiger partial charge is 0.254 e. The first-order valence-electron chi connectivity index (χ1n) is 10.7. The molecule has 176 valence electrons. The highest BCUT2D eigenvalue weighted by Gasteiger charge is 2.35. The van der Waals surface area contributed by atoms with Crippen molar-refractivity contribution < 1.29 is 9.18 Å². The summed E-state index contributed by atoms with van der Waals surface area (Å²) >= 11 is 3.48. The van der Waals surface area contributed by atoms with Crippen LogP contribution in [0, 0.1) is 21.7 Å². The van der Waals surface area contributed by atoms with E-state index < -0.39 is 5.54 Å². The van der Waals surface area contributed by atoms with Crippen molar-refractivity contribution in [2.24, 2.45) is 11.1 Å². The number of fused-ring (bicyclic) bond motifs is 3. The van der Waals surface area contributed by atoms with Gasteiger partial charge in [-0.15, -0.1) is 21.5 Å². The maximum atomic E-state index is 14.7. The number of rotatable bonds is 5. The summed E-state index contributed by atoms with van der Waals surface area (Å²) in [6.07, 6.45) is 0.674. The largest absolute Gasteiger partial charge is 0.350 e. The number of hydrogen-bond acceptors (Lipinski definition) is 6. The molecule has 0 bridgehead atoms. The monoisotopic (exact) mass is 582 g/mol. The minimum absolute atomic E-state index is 0.137. The Kier molecular flexibility index (Phi) is 6.29. The second-order valence-corrected chi connectivity index (χ2v) is 12.3. The number of anilines is 2. The molecule has 0 aliphatic carbocycles. The second-order valence-electron chi connectivity index (χ2n) is 10.0. The van der Waals surface area contributed by atoms with Crippen molar-refractivity contribution in [3.63, 3.8) is 0 Å². The Hall–Kier alpha value is -2.05. The molecule has 3 aromatic rings. The fourth-order valence-electron chi connectivity index (χ4n) is 3.95. The molecule has 10 heteroatoms. The lowest BCUT2D eigenvalue weighted by Crippen LogP contribution is -2.45. The topological polar surface area (TPSA) is 97.9 Å². The minimum atomic E-state index is -0.561. The number of aromatic nitrogens is 3. The molecule has 0 saturated heterocycles. The zero-order valence-corrected chi connectivity index (χ0v) is 22.3. The van der Waals surface area contributed by atoms with Gasteiger partial charge >= 0.3 is 0 Å². The van der Waals surface area contributed by atoms with E-state index in [2.05, 4.69) is 61.8 Å². The van der Waals surface area contributed by atoms with E-state index >= 15 is 0 Å². The van der Waals surface area contributed by atoms with Crippen LogP contribution >= 0.6 is 33.9 Å². The number of nitrogens with two attached hydrogens (primary N) is 1. The molecule has 7 nitrogen and oxygen atoms in total. The fourth-order valence-corrected chi connectivity index (χ4v) is 5.63. The summed E-state index contributed by atoms with van der Waals surface area (Å²) in [6.45, 7) is 11.0. The van der Waals surface area contributed by atoms with Crippen LogP contribution in [0.25, 0.3) is 10.7 Å². The molecule has 33 heavy (non-hydrogen) atoms. The molecular weight excluding hydrogens is 554 g/mol. The number of carbonyl (C=O) groups excluding carboxylic acids is 1. The van der Waals surface area contributed by atoms with Crippen molar-refractivity contribution in [1.29, 1.82) is 0 Å². The summed E-state index contributed by atoms with van der Waals surface area (Å²) in [6, 6.07) is 4.97. The normalized spacial score (nSPS) is 14.9. The number of nitrogens with one attached hydrogen (secondary N) is 2. The number of nitrogens with zero attached hydrogens (tertiary/aromatic N) is 3. The summed E-state index contributed by atoms with van der Waals surface area (Å²) in [4.78, 5) is 14.4. The fraction of sp³-hybridized carbons (Fsp3) is 0.435. The Morgan fingerprint density at radius 2 is 2.09 bits per heavy atom. The van der Waals surface area contributed by atoms with Gasteiger partial charge in [0.25, 0.3) is 5.91 Å². The molecule has 0 atom stereocenters. The maximum absolute atomic E-state index is 14.7. The van der Waals surface area contributed by atoms with Crippen LogP contribution in [0.4, 0.5) is 15.1 Å². The molecule has 0 radical (unpaired) electrons. The maximum Gasteiger partial charge on any atom is 0.254 e. The summed E-state index contributed by atoms with van der Waals surface area (Å²) in [5.41, 5.74) is 7.14. The Morgan fingerprint density at radius 3 is 2.76 bits per heavy atom. The number of aryl methyl sites for hydroxylation is 1. The van der Waals surface area contributed by atoms with Gasteiger partial charge in [0.1, 0.15) is 16.6 Å². The third-order valence-corrected chi connectivity index (χ3v) is 7.31. The number of hydrogen-bond donors (Lipinski definition) is 3. The third kappa shape index (κ3) is 5.07. The highest BCUT2D eigenvalue weighted by atomic mass is 127. The van der Waals surface area contributed by atoms with Crippen molar-refractivity contribution in [3.05, 3.63) is 44.5 Å². The lowest BCUT2D eigenvalue weighted by Gasteiger charge is -2.24. The van der Waals surface area contributed by atoms with Crippen molar-refractivity contribution in [2.45, 2.75) is 53.1 Å². The van der Waals surface area contributed by atoms with Crippen molar-refractivity contribution in [1.82, 2.24) is 20.1 Å². The average molecular weight is 582 g/mol. The van der Waals surface area contributed by atoms with Gasteiger partial charge in [-0.1, -0.05) is 13.8 Å². The standard InChI is InChI=1S/C23H28FIN6OS/c1-12-29-30-19-18-14(9-22(2,3)11-31(12)19)17(20(32)27-10-23(4,5)26)21(33-18)28-16-7-6-13(25)8-15(16)24/h6-8,28H,9-11,26H2,1-5H3,(H,27,32). The van der Waals surface area contributed by atoms with Crippen molar-refractivity contribution in [2.75, 3.05) is 11.9 Å². The first-order valence-corrected chi connectivity index (χ1v) is 12.6. The number of halogens is 2. The van der Waals surface area contributed by atoms with E-state index in [0.717, 1.165) is 32.2 Å². The first-order chi connectivity index (χ1) is 15.3. The van der Waals surface area contributed by atoms with Crippen molar-refractivity contribution in [3.8, 4) is 10.7 Å². The van der Waals surface area contributed by atoms with Crippen LogP contribution in [0.2, 0.25) is 0 Å². The average Bonchev–Trinajstić information content (AvgIpc) is 3.18. The Bertz CT molecular complexity index is 1230. The summed E-state index contributed by atoms with van der Waals surface area (Å²) in [7, 11) is 0. The van der Waals surface area contributed by atoms with Gasteiger partial charge in [0.05, 0.1) is 16.1 Å². The summed E-state index contributed by atoms with van der Waals surface area (Å²) in [5, 5.41) is 15.4. The Morgan fingerprint density at radius 1 is 1.36 bits per heavy atom. The van der Waals surface area contributed by atoms with Gasteiger partial charge in [-0.3, -0.25) is 4.79 Å². The van der Waals surface area contributed by atoms with Gasteiger partial charge in [-0.25, -0.2) is 4.39 Å². The van der Waals surface area contributed by atoms with E-state index in [-0.39, 0.29) is 17.1 Å². The third-order valence-electron chi connectivity index (χ3n) is 5.50. The van der Waals surface area contributed by atoms with E-state index in [1.807, 2.05) is 26.8 Å². The minimum Gasteiger partial charge on any atom is -0.350 e. The van der Waals surface area contributed by atoms with Gasteiger partial charge in [0, 0.05) is 22.2 Å². The molecule has 0 spiro atoms. The highest BCUT2D eigenvalue weighted by molar-refractivity contribution is 14.1. The molecule has 0 unspecified atom stereocenters. The molecular formula is C23H28FIN6OS. The molecule has 0 fully saturated rings. The van der Waals surface area contributed by atoms with Crippen LogP contribution in [-0.4, -0.2) is 32.8 Å². The lowest BCUT2D eigenvalue weighted by molar-refractivity contribution is 0.0946. The predicted octanol–water partition coefficient (Wildman–Crippen LogP) is 4.85. The zero-order valence-electron chi connectivity index (χ0n) is 19.3. The van der Waals surface area contributed by atoms with E-state index in [0.29, 0.717) is 29.2 Å². The number of thiophene rings is 1. The molecule has 1 aromatic carbocycles. The van der Waals surface area contributed by atoms with Gasteiger partial charge in [-0.05, 0) is 79.0 Å². The molecule has 1 amide bonds. The van der Waals surface area contributed by atoms with Gasteiger partial charge < -0.3 is 20.9 Å². The molecule has 4 rings (SSSR count). The number of amides is 1. The summed E-state index contributed by atoms with van der Waals surface area (Å²) in [5.74, 6) is 0.954. The SMILES string of the molecule is Cc1nnc2n1CC(C)(C)Cc1c-2sc(Nc2ccc(I)cc2F)c1C(=O)NCC(C)(C)N. The van der Waals surface area contributed by atoms with Gasteiger partial charge in [-0.2, -0.15) is 0 Å². The van der Waals surface area contributed by atoms with Crippen LogP contribution in [-0.2, 0) is 13.0 Å². The van der Waals surface area contributed by atoms with Crippen LogP contribution in [0.3, 0.4) is 0 Å². The highest BCUT2D eigenvalue weighted by Crippen LogP contribution is 2.46. The zero-order chi connectivity index (χ0) is 24.1. The van der Waals surface area contributed by atoms with E-state index in [1.165, 1.54) is 17.4 Å². The molecule has 1 aliphatic rings. The molecule has 0 saturated carbocycles. The van der Waals surface area contributed by atoms with Crippen molar-refractivity contribution >= 4 is 50.5 Å². The summed E-state index contributed by atoms with van der Waals surface area (Å²) < 4.78 is 17.6. The molecule has 1 aliphatic heterocycles. The second kappa shape index (κ2) is 8.62. The van der Waals surface area contributed by atoms with Gasteiger partial charge in [0.2, 0.25) is 0 Å². The number of benzene rings is 1. The number of carbonyl (C=O) groups is 1. The quantitative estimate of drug-likeness (QED) is 0.374. The molecule has 3 heterocycles. The van der Waals surface area contributed by atoms with Gasteiger partial charge in [0.15, 0.2) is 5.82 Å². The molecule has 2 aromatic heterocycles. The van der Waals surface area contributed by atoms with Crippen LogP contribution in [0.5, 0.6) is 0 Å². The molecule has 4 N–H and O–H groups in total.